The van der Waals surface area contributed by atoms with Crippen LogP contribution in [0.4, 0.5) is 5.69 Å². The molecular weight excluding hydrogens is 318 g/mol. The normalized spacial score (nSPS) is 10.5. The summed E-state index contributed by atoms with van der Waals surface area (Å²) in [5.41, 5.74) is 1.15. The Morgan fingerprint density at radius 2 is 1.42 bits per heavy atom. The second-order valence-corrected chi connectivity index (χ2v) is 6.86. The molecule has 0 aliphatic carbocycles. The molecule has 0 unspecified atom stereocenters. The molecule has 1 aromatic rings. The zero-order valence-corrected chi connectivity index (χ0v) is 15.7. The van der Waals surface area contributed by atoms with Gasteiger partial charge in [0.2, 0.25) is 0 Å². The maximum atomic E-state index is 10.8. The number of aromatic carboxylic acids is 1. The van der Waals surface area contributed by atoms with Gasteiger partial charge < -0.3 is 10.4 Å². The highest BCUT2D eigenvalue weighted by Gasteiger charge is 2.03. The van der Waals surface area contributed by atoms with Crippen LogP contribution in [0.3, 0.4) is 0 Å². The van der Waals surface area contributed by atoms with Crippen molar-refractivity contribution in [3.8, 4) is 0 Å². The molecule has 24 heavy (non-hydrogen) atoms. The van der Waals surface area contributed by atoms with E-state index in [1.807, 2.05) is 0 Å². The quantitative estimate of drug-likeness (QED) is 0.318. The Hall–Kier alpha value is -1.42. The lowest BCUT2D eigenvalue weighted by molar-refractivity contribution is 0.0697. The lowest BCUT2D eigenvalue weighted by Gasteiger charge is -2.08. The molecule has 0 saturated carbocycles. The van der Waals surface area contributed by atoms with Gasteiger partial charge >= 0.3 is 5.97 Å². The molecule has 1 rings (SSSR count). The lowest BCUT2D eigenvalue weighted by Crippen LogP contribution is -2.09. The molecule has 4 heteroatoms. The first-order valence-corrected chi connectivity index (χ1v) is 9.67. The molecule has 0 fully saturated rings. The van der Waals surface area contributed by atoms with Crippen LogP contribution in [0.2, 0.25) is 0 Å². The van der Waals surface area contributed by atoms with E-state index < -0.39 is 5.97 Å². The van der Waals surface area contributed by atoms with Crippen LogP contribution in [0.25, 0.3) is 0 Å². The van der Waals surface area contributed by atoms with Crippen LogP contribution in [0.15, 0.2) is 24.3 Å². The van der Waals surface area contributed by atoms with Gasteiger partial charge in [0.05, 0.1) is 10.6 Å². The van der Waals surface area contributed by atoms with Crippen LogP contribution < -0.4 is 5.32 Å². The highest BCUT2D eigenvalue weighted by molar-refractivity contribution is 7.80. The van der Waals surface area contributed by atoms with Crippen molar-refractivity contribution in [1.29, 1.82) is 0 Å². The summed E-state index contributed by atoms with van der Waals surface area (Å²) in [7, 11) is 0. The number of carbonyl (C=O) groups is 1. The van der Waals surface area contributed by atoms with Gasteiger partial charge in [0.15, 0.2) is 0 Å². The predicted octanol–water partition coefficient (Wildman–Crippen LogP) is 6.44. The van der Waals surface area contributed by atoms with Gasteiger partial charge in [-0.2, -0.15) is 0 Å². The second kappa shape index (κ2) is 12.9. The molecular formula is C20H31NO2S. The maximum absolute atomic E-state index is 10.8. The van der Waals surface area contributed by atoms with Gasteiger partial charge in [-0.25, -0.2) is 4.79 Å². The Morgan fingerprint density at radius 1 is 0.917 bits per heavy atom. The maximum Gasteiger partial charge on any atom is 0.335 e. The first kappa shape index (κ1) is 20.6. The molecule has 0 radical (unpaired) electrons. The van der Waals surface area contributed by atoms with Crippen molar-refractivity contribution in [2.24, 2.45) is 0 Å². The van der Waals surface area contributed by atoms with Crippen molar-refractivity contribution in [3.63, 3.8) is 0 Å². The number of hydrogen-bond acceptors (Lipinski definition) is 2. The summed E-state index contributed by atoms with van der Waals surface area (Å²) in [6.07, 6.45) is 14.1. The molecule has 134 valence electrons. The number of nitrogens with one attached hydrogen (secondary N) is 1. The minimum atomic E-state index is -0.908. The van der Waals surface area contributed by atoms with Crippen LogP contribution >= 0.6 is 12.2 Å². The highest BCUT2D eigenvalue weighted by Crippen LogP contribution is 2.13. The fraction of sp³-hybridized carbons (Fsp3) is 0.600. The van der Waals surface area contributed by atoms with E-state index in [-0.39, 0.29) is 0 Å². The Kier molecular flexibility index (Phi) is 11.1. The molecule has 1 aromatic carbocycles. The van der Waals surface area contributed by atoms with E-state index in [4.69, 9.17) is 17.3 Å². The monoisotopic (exact) mass is 349 g/mol. The number of unbranched alkanes of at least 4 members (excludes halogenated alkanes) is 9. The highest BCUT2D eigenvalue weighted by atomic mass is 32.1. The van der Waals surface area contributed by atoms with Crippen LogP contribution in [-0.2, 0) is 0 Å². The van der Waals surface area contributed by atoms with E-state index in [1.165, 1.54) is 57.8 Å². The fourth-order valence-corrected chi connectivity index (χ4v) is 2.95. The number of carboxylic acid groups (broad SMARTS) is 1. The molecule has 0 aliphatic heterocycles. The molecule has 0 amide bonds. The largest absolute Gasteiger partial charge is 0.478 e. The van der Waals surface area contributed by atoms with Gasteiger partial charge in [-0.15, -0.1) is 0 Å². The van der Waals surface area contributed by atoms with E-state index in [0.29, 0.717) is 5.56 Å². The van der Waals surface area contributed by atoms with Gasteiger partial charge in [0.25, 0.3) is 0 Å². The fourth-order valence-electron chi connectivity index (χ4n) is 2.69. The van der Waals surface area contributed by atoms with Crippen molar-refractivity contribution in [3.05, 3.63) is 29.8 Å². The molecule has 0 atom stereocenters. The van der Waals surface area contributed by atoms with Crippen LogP contribution in [-0.4, -0.2) is 16.1 Å². The first-order valence-electron chi connectivity index (χ1n) is 9.26. The van der Waals surface area contributed by atoms with Gasteiger partial charge in [-0.3, -0.25) is 0 Å². The van der Waals surface area contributed by atoms with Crippen molar-refractivity contribution in [1.82, 2.24) is 0 Å². The number of thiocarbonyl (C=S) groups is 1. The summed E-state index contributed by atoms with van der Waals surface area (Å²) in [5.74, 6) is -0.908. The first-order chi connectivity index (χ1) is 11.6. The smallest absolute Gasteiger partial charge is 0.335 e. The number of anilines is 1. The van der Waals surface area contributed by atoms with Crippen LogP contribution in [0.1, 0.15) is 87.9 Å². The van der Waals surface area contributed by atoms with Crippen molar-refractivity contribution < 1.29 is 9.90 Å². The Bertz CT molecular complexity index is 485. The second-order valence-electron chi connectivity index (χ2n) is 6.36. The minimum absolute atomic E-state index is 0.293. The third-order valence-electron chi connectivity index (χ3n) is 4.17. The summed E-state index contributed by atoms with van der Waals surface area (Å²) < 4.78 is 0. The van der Waals surface area contributed by atoms with Gasteiger partial charge in [-0.1, -0.05) is 76.9 Å². The number of carboxylic acids is 1. The van der Waals surface area contributed by atoms with Crippen molar-refractivity contribution >= 4 is 28.9 Å². The average molecular weight is 350 g/mol. The Morgan fingerprint density at radius 3 is 1.92 bits per heavy atom. The van der Waals surface area contributed by atoms with E-state index in [1.54, 1.807) is 24.3 Å². The molecule has 0 aliphatic rings. The third-order valence-corrected chi connectivity index (χ3v) is 4.48. The summed E-state index contributed by atoms with van der Waals surface area (Å²) in [4.78, 5) is 11.6. The standard InChI is InChI=1S/C20H31NO2S/c1-2-3-4-5-6-7-8-9-10-11-12-19(24)21-18-15-13-17(14-16-18)20(22)23/h13-16H,2-12H2,1H3,(H,21,24)(H,22,23). The molecule has 2 N–H and O–H groups in total. The molecule has 0 saturated heterocycles. The summed E-state index contributed by atoms with van der Waals surface area (Å²) in [6.45, 7) is 2.25. The SMILES string of the molecule is CCCCCCCCCCCCC(=S)Nc1ccc(C(=O)O)cc1. The van der Waals surface area contributed by atoms with E-state index in [9.17, 15) is 4.79 Å². The molecule has 0 bridgehead atoms. The molecule has 0 spiro atoms. The zero-order chi connectivity index (χ0) is 17.6. The lowest BCUT2D eigenvalue weighted by atomic mass is 10.1. The number of hydrogen-bond donors (Lipinski definition) is 2. The summed E-state index contributed by atoms with van der Waals surface area (Å²) >= 11 is 5.35. The van der Waals surface area contributed by atoms with E-state index >= 15 is 0 Å². The van der Waals surface area contributed by atoms with Gasteiger partial charge in [0, 0.05) is 5.69 Å². The Labute approximate surface area is 151 Å². The average Bonchev–Trinajstić information content (AvgIpc) is 2.57. The van der Waals surface area contributed by atoms with Crippen molar-refractivity contribution in [2.45, 2.75) is 77.6 Å². The molecule has 0 heterocycles. The molecule has 3 nitrogen and oxygen atoms in total. The number of rotatable bonds is 13. The third kappa shape index (κ3) is 9.66. The van der Waals surface area contributed by atoms with Crippen LogP contribution in [0, 0.1) is 0 Å². The molecule has 0 aromatic heterocycles. The summed E-state index contributed by atoms with van der Waals surface area (Å²) in [5, 5.41) is 12.0. The van der Waals surface area contributed by atoms with E-state index in [2.05, 4.69) is 12.2 Å². The minimum Gasteiger partial charge on any atom is -0.478 e. The predicted molar refractivity (Wildman–Crippen MR) is 106 cm³/mol. The van der Waals surface area contributed by atoms with Gasteiger partial charge in [-0.05, 0) is 37.1 Å². The Balaban J connectivity index is 2.03. The van der Waals surface area contributed by atoms with Crippen LogP contribution in [0.5, 0.6) is 0 Å². The topological polar surface area (TPSA) is 49.3 Å². The van der Waals surface area contributed by atoms with Crippen molar-refractivity contribution in [2.75, 3.05) is 5.32 Å². The summed E-state index contributed by atoms with van der Waals surface area (Å²) in [6, 6.07) is 6.70. The number of benzene rings is 1. The van der Waals surface area contributed by atoms with Gasteiger partial charge in [0.1, 0.15) is 0 Å². The zero-order valence-electron chi connectivity index (χ0n) is 14.9. The van der Waals surface area contributed by atoms with E-state index in [0.717, 1.165) is 23.5 Å².